The molecule has 5 rings (SSSR count). The number of aliphatic carboxylic acids is 1. The number of ether oxygens (including phenoxy) is 1. The fourth-order valence-corrected chi connectivity index (χ4v) is 4.76. The minimum atomic E-state index is -0.981. The number of rotatable bonds is 8. The summed E-state index contributed by atoms with van der Waals surface area (Å²) in [5.41, 5.74) is 6.84. The molecule has 38 heavy (non-hydrogen) atoms. The first-order chi connectivity index (χ1) is 18.5. The number of carboxylic acid groups (broad SMARTS) is 1. The molecule has 0 saturated heterocycles. The van der Waals surface area contributed by atoms with E-state index in [1.165, 1.54) is 0 Å². The molecule has 0 bridgehead atoms. The van der Waals surface area contributed by atoms with Crippen molar-refractivity contribution in [2.45, 2.75) is 13.3 Å². The Labute approximate surface area is 225 Å². The Morgan fingerprint density at radius 3 is 2.42 bits per heavy atom. The lowest BCUT2D eigenvalue weighted by molar-refractivity contribution is -0.131. The van der Waals surface area contributed by atoms with Gasteiger partial charge in [-0.1, -0.05) is 67.1 Å². The highest BCUT2D eigenvalue weighted by atomic mass is 35.5. The van der Waals surface area contributed by atoms with E-state index in [0.717, 1.165) is 62.5 Å². The van der Waals surface area contributed by atoms with E-state index in [4.69, 9.17) is 21.4 Å². The monoisotopic (exact) mass is 520 g/mol. The van der Waals surface area contributed by atoms with Crippen LogP contribution in [0.2, 0.25) is 5.02 Å². The Bertz CT molecular complexity index is 1650. The Kier molecular flexibility index (Phi) is 7.38. The van der Waals surface area contributed by atoms with Crippen molar-refractivity contribution in [2.75, 3.05) is 0 Å². The van der Waals surface area contributed by atoms with Crippen molar-refractivity contribution in [3.05, 3.63) is 131 Å². The number of fused-ring (bicyclic) bond motifs is 1. The summed E-state index contributed by atoms with van der Waals surface area (Å²) in [4.78, 5) is 10.9. The number of para-hydroxylation sites is 1. The normalized spacial score (nSPS) is 12.1. The highest BCUT2D eigenvalue weighted by Crippen LogP contribution is 2.39. The maximum absolute atomic E-state index is 10.9. The van der Waals surface area contributed by atoms with E-state index in [0.29, 0.717) is 10.8 Å². The molecular weight excluding hydrogens is 496 g/mol. The summed E-state index contributed by atoms with van der Waals surface area (Å²) in [6, 6.07) is 29.4. The van der Waals surface area contributed by atoms with E-state index in [9.17, 15) is 4.79 Å². The predicted molar refractivity (Wildman–Crippen MR) is 153 cm³/mol. The number of benzene rings is 4. The number of hydrogen-bond acceptors (Lipinski definition) is 3. The molecule has 4 aromatic carbocycles. The van der Waals surface area contributed by atoms with Crippen LogP contribution < -0.4 is 4.74 Å². The molecule has 0 atom stereocenters. The molecule has 0 fully saturated rings. The second kappa shape index (κ2) is 11.2. The molecule has 0 amide bonds. The van der Waals surface area contributed by atoms with Crippen LogP contribution in [0.15, 0.2) is 103 Å². The van der Waals surface area contributed by atoms with Crippen molar-refractivity contribution in [1.82, 2.24) is 10.2 Å². The molecule has 0 aliphatic heterocycles. The highest BCUT2D eigenvalue weighted by molar-refractivity contribution is 6.33. The zero-order chi connectivity index (χ0) is 26.5. The maximum Gasteiger partial charge on any atom is 0.328 e. The molecule has 0 radical (unpaired) electrons. The lowest BCUT2D eigenvalue weighted by Gasteiger charge is -2.18. The van der Waals surface area contributed by atoms with Gasteiger partial charge >= 0.3 is 5.97 Å². The van der Waals surface area contributed by atoms with E-state index < -0.39 is 5.97 Å². The van der Waals surface area contributed by atoms with Gasteiger partial charge in [-0.25, -0.2) is 4.79 Å². The summed E-state index contributed by atoms with van der Waals surface area (Å²) < 4.78 is 5.99. The summed E-state index contributed by atoms with van der Waals surface area (Å²) in [5.74, 6) is 0.427. The summed E-state index contributed by atoms with van der Waals surface area (Å²) in [6.07, 6.45) is 5.26. The number of aromatic nitrogens is 2. The number of hydrogen-bond donors (Lipinski definition) is 2. The second-order valence-electron chi connectivity index (χ2n) is 8.73. The molecular formula is C32H25ClN2O3. The Morgan fingerprint density at radius 1 is 0.947 bits per heavy atom. The van der Waals surface area contributed by atoms with Crippen molar-refractivity contribution in [3.8, 4) is 11.5 Å². The van der Waals surface area contributed by atoms with Gasteiger partial charge < -0.3 is 9.84 Å². The highest BCUT2D eigenvalue weighted by Gasteiger charge is 2.17. The molecule has 0 unspecified atom stereocenters. The van der Waals surface area contributed by atoms with Crippen LogP contribution in [0.4, 0.5) is 0 Å². The fraction of sp³-hybridized carbons (Fsp3) is 0.0625. The van der Waals surface area contributed by atoms with Crippen LogP contribution >= 0.6 is 11.6 Å². The first-order valence-electron chi connectivity index (χ1n) is 12.2. The minimum Gasteiger partial charge on any atom is -0.478 e. The van der Waals surface area contributed by atoms with Gasteiger partial charge in [-0.3, -0.25) is 5.10 Å². The predicted octanol–water partition coefficient (Wildman–Crippen LogP) is 8.48. The number of aromatic amines is 1. The SMILES string of the molecule is CC/C(=C(/c1ccc(/C=C/C(=O)O)cc1)c1ccc2[nH]ncc2c1)c1ccc(Oc2ccccc2)cc1Cl. The first-order valence-corrected chi connectivity index (χ1v) is 12.6. The summed E-state index contributed by atoms with van der Waals surface area (Å²) in [7, 11) is 0. The van der Waals surface area contributed by atoms with Crippen LogP contribution in [0.25, 0.3) is 28.1 Å². The summed E-state index contributed by atoms with van der Waals surface area (Å²) in [5, 5.41) is 17.8. The Hall–Kier alpha value is -4.61. The number of nitrogens with one attached hydrogen (secondary N) is 1. The molecule has 0 aliphatic carbocycles. The first kappa shape index (κ1) is 25.1. The third kappa shape index (κ3) is 5.53. The van der Waals surface area contributed by atoms with Gasteiger partial charge in [-0.2, -0.15) is 5.10 Å². The van der Waals surface area contributed by atoms with Gasteiger partial charge in [-0.15, -0.1) is 0 Å². The second-order valence-corrected chi connectivity index (χ2v) is 9.14. The summed E-state index contributed by atoms with van der Waals surface area (Å²) >= 11 is 6.87. The lowest BCUT2D eigenvalue weighted by atomic mass is 9.87. The van der Waals surface area contributed by atoms with Crippen LogP contribution in [0, 0.1) is 0 Å². The van der Waals surface area contributed by atoms with Gasteiger partial charge in [-0.05, 0) is 82.3 Å². The van der Waals surface area contributed by atoms with E-state index in [1.54, 1.807) is 6.08 Å². The molecule has 1 heterocycles. The molecule has 0 spiro atoms. The number of allylic oxidation sites excluding steroid dienone is 1. The lowest BCUT2D eigenvalue weighted by Crippen LogP contribution is -1.97. The molecule has 0 aliphatic rings. The third-order valence-electron chi connectivity index (χ3n) is 6.25. The number of carbonyl (C=O) groups is 1. The third-order valence-corrected chi connectivity index (χ3v) is 6.56. The zero-order valence-electron chi connectivity index (χ0n) is 20.7. The molecule has 6 heteroatoms. The van der Waals surface area contributed by atoms with Gasteiger partial charge in [0.25, 0.3) is 0 Å². The zero-order valence-corrected chi connectivity index (χ0v) is 21.4. The average molecular weight is 521 g/mol. The van der Waals surface area contributed by atoms with Gasteiger partial charge in [0.05, 0.1) is 16.7 Å². The number of H-pyrrole nitrogens is 1. The molecule has 1 aromatic heterocycles. The molecule has 2 N–H and O–H groups in total. The maximum atomic E-state index is 10.9. The van der Waals surface area contributed by atoms with Crippen LogP contribution in [-0.2, 0) is 4.79 Å². The van der Waals surface area contributed by atoms with E-state index >= 15 is 0 Å². The smallest absolute Gasteiger partial charge is 0.328 e. The summed E-state index contributed by atoms with van der Waals surface area (Å²) in [6.45, 7) is 2.11. The molecule has 5 nitrogen and oxygen atoms in total. The van der Waals surface area contributed by atoms with Crippen molar-refractivity contribution < 1.29 is 14.6 Å². The molecule has 5 aromatic rings. The minimum absolute atomic E-state index is 0.596. The van der Waals surface area contributed by atoms with Crippen molar-refractivity contribution in [1.29, 1.82) is 0 Å². The van der Waals surface area contributed by atoms with E-state index in [-0.39, 0.29) is 0 Å². The van der Waals surface area contributed by atoms with Crippen molar-refractivity contribution in [2.24, 2.45) is 0 Å². The van der Waals surface area contributed by atoms with Crippen molar-refractivity contribution in [3.63, 3.8) is 0 Å². The topological polar surface area (TPSA) is 75.2 Å². The van der Waals surface area contributed by atoms with Gasteiger partial charge in [0.2, 0.25) is 0 Å². The number of carboxylic acids is 1. The standard InChI is InChI=1S/C32H25ClN2O3/c1-2-27(28-15-14-26(19-29(28)33)38-25-6-4-3-5-7-25)32(23-13-16-30-24(18-23)20-34-35-30)22-11-8-21(9-12-22)10-17-31(36)37/h3-20H,2H2,1H3,(H,34,35)(H,36,37)/b17-10+,32-27+. The van der Waals surface area contributed by atoms with Gasteiger partial charge in [0, 0.05) is 17.5 Å². The number of nitrogens with zero attached hydrogens (tertiary/aromatic N) is 1. The Morgan fingerprint density at radius 2 is 1.71 bits per heavy atom. The quantitative estimate of drug-likeness (QED) is 0.159. The van der Waals surface area contributed by atoms with Crippen LogP contribution in [0.5, 0.6) is 11.5 Å². The molecule has 0 saturated carbocycles. The fourth-order valence-electron chi connectivity index (χ4n) is 4.47. The largest absolute Gasteiger partial charge is 0.478 e. The average Bonchev–Trinajstić information content (AvgIpc) is 3.40. The van der Waals surface area contributed by atoms with Gasteiger partial charge in [0.15, 0.2) is 0 Å². The van der Waals surface area contributed by atoms with Gasteiger partial charge in [0.1, 0.15) is 11.5 Å². The van der Waals surface area contributed by atoms with E-state index in [2.05, 4.69) is 29.3 Å². The molecule has 188 valence electrons. The van der Waals surface area contributed by atoms with Crippen LogP contribution in [0.3, 0.4) is 0 Å². The van der Waals surface area contributed by atoms with Crippen LogP contribution in [0.1, 0.15) is 35.6 Å². The van der Waals surface area contributed by atoms with Crippen LogP contribution in [-0.4, -0.2) is 21.3 Å². The van der Waals surface area contributed by atoms with Crippen molar-refractivity contribution >= 4 is 45.7 Å². The van der Waals surface area contributed by atoms with E-state index in [1.807, 2.05) is 85.1 Å². The Balaban J connectivity index is 1.62. The number of halogens is 1.